The van der Waals surface area contributed by atoms with Crippen LogP contribution in [0.3, 0.4) is 0 Å². The first kappa shape index (κ1) is 25.9. The van der Waals surface area contributed by atoms with Crippen molar-refractivity contribution in [3.05, 3.63) is 155 Å². The highest BCUT2D eigenvalue weighted by molar-refractivity contribution is 9.11. The zero-order valence-corrected chi connectivity index (χ0v) is 26.8. The van der Waals surface area contributed by atoms with Crippen molar-refractivity contribution >= 4 is 96.5 Å². The van der Waals surface area contributed by atoms with Gasteiger partial charge in [0, 0.05) is 8.95 Å². The van der Waals surface area contributed by atoms with E-state index in [0.29, 0.717) is 0 Å². The molecule has 9 aromatic rings. The average molecular weight is 688 g/mol. The first-order valence-electron chi connectivity index (χ1n) is 14.8. The fourth-order valence-electron chi connectivity index (χ4n) is 7.04. The Morgan fingerprint density at radius 1 is 0.273 bits per heavy atom. The molecular formula is C42H24Br2. The Bertz CT molecular complexity index is 2430. The number of hydrogen-bond donors (Lipinski definition) is 0. The zero-order valence-electron chi connectivity index (χ0n) is 23.6. The van der Waals surface area contributed by atoms with E-state index < -0.39 is 0 Å². The lowest BCUT2D eigenvalue weighted by atomic mass is 9.91. The molecule has 0 saturated heterocycles. The molecule has 0 aliphatic carbocycles. The van der Waals surface area contributed by atoms with Crippen LogP contribution in [0.2, 0.25) is 0 Å². The number of halogens is 2. The highest BCUT2D eigenvalue weighted by Gasteiger charge is 2.13. The first-order valence-corrected chi connectivity index (χ1v) is 16.4. The molecule has 44 heavy (non-hydrogen) atoms. The van der Waals surface area contributed by atoms with Crippen molar-refractivity contribution in [3.63, 3.8) is 0 Å². The molecule has 9 aromatic carbocycles. The summed E-state index contributed by atoms with van der Waals surface area (Å²) in [4.78, 5) is 0. The molecule has 0 N–H and O–H groups in total. The molecule has 0 amide bonds. The fourth-order valence-corrected chi connectivity index (χ4v) is 8.45. The molecule has 0 aromatic heterocycles. The van der Waals surface area contributed by atoms with Crippen molar-refractivity contribution in [2.45, 2.75) is 0 Å². The number of benzene rings is 9. The van der Waals surface area contributed by atoms with Crippen LogP contribution in [0.5, 0.6) is 0 Å². The Morgan fingerprint density at radius 2 is 0.659 bits per heavy atom. The predicted molar refractivity (Wildman–Crippen MR) is 198 cm³/mol. The van der Waals surface area contributed by atoms with Crippen LogP contribution < -0.4 is 0 Å². The van der Waals surface area contributed by atoms with Gasteiger partial charge in [0.15, 0.2) is 0 Å². The van der Waals surface area contributed by atoms with Gasteiger partial charge in [-0.15, -0.1) is 0 Å². The fraction of sp³-hybridized carbons (Fsp3) is 0. The SMILES string of the molecule is Brc1c2ccccc2cc2c1ccc1c(-c3ccc(-c4cccc5c4ccc4c(Br)c6ccccc6cc45)cc3)cccc12. The molecule has 2 heteroatoms. The normalized spacial score (nSPS) is 11.9. The minimum Gasteiger partial charge on any atom is -0.0616 e. The summed E-state index contributed by atoms with van der Waals surface area (Å²) in [7, 11) is 0. The van der Waals surface area contributed by atoms with E-state index in [1.807, 2.05) is 0 Å². The summed E-state index contributed by atoms with van der Waals surface area (Å²) in [5.74, 6) is 0. The van der Waals surface area contributed by atoms with Crippen LogP contribution in [0.25, 0.3) is 86.9 Å². The topological polar surface area (TPSA) is 0 Å². The van der Waals surface area contributed by atoms with Gasteiger partial charge in [0.2, 0.25) is 0 Å². The molecule has 0 nitrogen and oxygen atoms in total. The highest BCUT2D eigenvalue weighted by Crippen LogP contribution is 2.41. The molecule has 0 unspecified atom stereocenters. The molecule has 0 fully saturated rings. The minimum atomic E-state index is 1.16. The van der Waals surface area contributed by atoms with Gasteiger partial charge in [-0.3, -0.25) is 0 Å². The van der Waals surface area contributed by atoms with Crippen LogP contribution in [-0.4, -0.2) is 0 Å². The molecular weight excluding hydrogens is 664 g/mol. The Hall–Kier alpha value is -4.50. The largest absolute Gasteiger partial charge is 0.0616 e. The minimum absolute atomic E-state index is 1.16. The third-order valence-corrected chi connectivity index (χ3v) is 10.9. The summed E-state index contributed by atoms with van der Waals surface area (Å²) in [6.07, 6.45) is 0. The Kier molecular flexibility index (Phi) is 5.91. The zero-order chi connectivity index (χ0) is 29.4. The Balaban J connectivity index is 1.18. The van der Waals surface area contributed by atoms with Gasteiger partial charge in [-0.05, 0) is 131 Å². The lowest BCUT2D eigenvalue weighted by Crippen LogP contribution is -1.87. The first-order chi connectivity index (χ1) is 21.7. The van der Waals surface area contributed by atoms with E-state index in [-0.39, 0.29) is 0 Å². The van der Waals surface area contributed by atoms with Gasteiger partial charge in [0.1, 0.15) is 0 Å². The molecule has 0 saturated carbocycles. The molecule has 0 atom stereocenters. The van der Waals surface area contributed by atoms with Crippen LogP contribution in [0.4, 0.5) is 0 Å². The number of fused-ring (bicyclic) bond motifs is 8. The smallest absolute Gasteiger partial charge is 0.0332 e. The van der Waals surface area contributed by atoms with E-state index in [9.17, 15) is 0 Å². The van der Waals surface area contributed by atoms with Crippen LogP contribution in [-0.2, 0) is 0 Å². The van der Waals surface area contributed by atoms with Crippen molar-refractivity contribution in [2.24, 2.45) is 0 Å². The second-order valence-electron chi connectivity index (χ2n) is 11.5. The summed E-state index contributed by atoms with van der Waals surface area (Å²) >= 11 is 7.81. The predicted octanol–water partition coefficient (Wildman–Crippen LogP) is 13.5. The Morgan fingerprint density at radius 3 is 1.11 bits per heavy atom. The van der Waals surface area contributed by atoms with Gasteiger partial charge in [-0.25, -0.2) is 0 Å². The van der Waals surface area contributed by atoms with Crippen molar-refractivity contribution in [2.75, 3.05) is 0 Å². The molecule has 0 aliphatic rings. The number of hydrogen-bond acceptors (Lipinski definition) is 0. The van der Waals surface area contributed by atoms with Crippen LogP contribution in [0, 0.1) is 0 Å². The quantitative estimate of drug-likeness (QED) is 0.125. The third-order valence-electron chi connectivity index (χ3n) is 9.18. The molecule has 0 radical (unpaired) electrons. The van der Waals surface area contributed by atoms with Crippen molar-refractivity contribution < 1.29 is 0 Å². The summed E-state index contributed by atoms with van der Waals surface area (Å²) in [5, 5.41) is 15.1. The maximum Gasteiger partial charge on any atom is 0.0332 e. The summed E-state index contributed by atoms with van der Waals surface area (Å²) in [6.45, 7) is 0. The monoisotopic (exact) mass is 686 g/mol. The van der Waals surface area contributed by atoms with Crippen molar-refractivity contribution in [1.29, 1.82) is 0 Å². The van der Waals surface area contributed by atoms with Gasteiger partial charge in [-0.2, -0.15) is 0 Å². The van der Waals surface area contributed by atoms with E-state index in [1.165, 1.54) is 86.9 Å². The molecule has 0 spiro atoms. The maximum absolute atomic E-state index is 3.90. The Labute approximate surface area is 271 Å². The summed E-state index contributed by atoms with van der Waals surface area (Å²) in [6, 6.07) is 53.3. The standard InChI is InChI=1S/C42H24Br2/c43-41-31-9-3-1-7-27(31)23-39-33-13-5-11-29(35(33)19-21-37(39)41)25-15-17-26(18-16-25)30-12-6-14-34-36(30)20-22-38-40(34)24-28-8-2-4-10-32(28)42(38)44/h1-24H. The van der Waals surface area contributed by atoms with Gasteiger partial charge in [-0.1, -0.05) is 133 Å². The van der Waals surface area contributed by atoms with Crippen molar-refractivity contribution in [3.8, 4) is 22.3 Å². The van der Waals surface area contributed by atoms with Crippen LogP contribution in [0.15, 0.2) is 155 Å². The second kappa shape index (κ2) is 10.0. The van der Waals surface area contributed by atoms with E-state index in [0.717, 1.165) is 8.95 Å². The number of rotatable bonds is 2. The molecule has 0 heterocycles. The molecule has 0 aliphatic heterocycles. The second-order valence-corrected chi connectivity index (χ2v) is 13.1. The molecule has 9 rings (SSSR count). The van der Waals surface area contributed by atoms with E-state index in [2.05, 4.69) is 177 Å². The molecule has 0 bridgehead atoms. The van der Waals surface area contributed by atoms with Crippen LogP contribution in [0.1, 0.15) is 0 Å². The van der Waals surface area contributed by atoms with Gasteiger partial charge in [0.25, 0.3) is 0 Å². The third kappa shape index (κ3) is 3.88. The molecule has 206 valence electrons. The average Bonchev–Trinajstić information content (AvgIpc) is 3.08. The maximum atomic E-state index is 3.90. The van der Waals surface area contributed by atoms with E-state index >= 15 is 0 Å². The van der Waals surface area contributed by atoms with Gasteiger partial charge >= 0.3 is 0 Å². The van der Waals surface area contributed by atoms with E-state index in [4.69, 9.17) is 0 Å². The lowest BCUT2D eigenvalue weighted by Gasteiger charge is -2.14. The van der Waals surface area contributed by atoms with Gasteiger partial charge in [0.05, 0.1) is 0 Å². The van der Waals surface area contributed by atoms with E-state index in [1.54, 1.807) is 0 Å². The van der Waals surface area contributed by atoms with Crippen molar-refractivity contribution in [1.82, 2.24) is 0 Å². The summed E-state index contributed by atoms with van der Waals surface area (Å²) in [5.41, 5.74) is 4.95. The van der Waals surface area contributed by atoms with Gasteiger partial charge < -0.3 is 0 Å². The summed E-state index contributed by atoms with van der Waals surface area (Å²) < 4.78 is 2.32. The lowest BCUT2D eigenvalue weighted by molar-refractivity contribution is 1.63. The van der Waals surface area contributed by atoms with Crippen LogP contribution >= 0.6 is 31.9 Å². The highest BCUT2D eigenvalue weighted by atomic mass is 79.9.